The van der Waals surface area contributed by atoms with Crippen molar-refractivity contribution >= 4 is 5.91 Å². The Bertz CT molecular complexity index is 950. The molecule has 8 unspecified atom stereocenters. The maximum Gasteiger partial charge on any atom is 0.249 e. The molecule has 0 aliphatic carbocycles. The molecule has 58 heavy (non-hydrogen) atoms. The van der Waals surface area contributed by atoms with E-state index in [1.165, 1.54) is 148 Å². The normalized spacial score (nSPS) is 21.5. The summed E-state index contributed by atoms with van der Waals surface area (Å²) >= 11 is 0. The minimum absolute atomic E-state index is 0.302. The van der Waals surface area contributed by atoms with E-state index in [1.54, 1.807) is 6.08 Å². The van der Waals surface area contributed by atoms with Gasteiger partial charge in [-0.15, -0.1) is 0 Å². The van der Waals surface area contributed by atoms with Crippen molar-refractivity contribution in [1.29, 1.82) is 0 Å². The van der Waals surface area contributed by atoms with E-state index in [1.807, 2.05) is 6.08 Å². The van der Waals surface area contributed by atoms with E-state index < -0.39 is 61.5 Å². The summed E-state index contributed by atoms with van der Waals surface area (Å²) < 4.78 is 11.1. The first-order valence-corrected chi connectivity index (χ1v) is 24.4. The molecular weight excluding hydrogens is 735 g/mol. The predicted octanol–water partition coefficient (Wildman–Crippen LogP) is 9.33. The van der Waals surface area contributed by atoms with Gasteiger partial charge in [-0.1, -0.05) is 213 Å². The second-order valence-corrected chi connectivity index (χ2v) is 17.9. The second-order valence-electron chi connectivity index (χ2n) is 17.9. The molecule has 0 bridgehead atoms. The Labute approximate surface area is 355 Å². The lowest BCUT2D eigenvalue weighted by Gasteiger charge is -2.40. The van der Waals surface area contributed by atoms with Crippen LogP contribution in [0.15, 0.2) is 12.2 Å². The van der Waals surface area contributed by atoms with Crippen LogP contribution in [-0.4, -0.2) is 98.7 Å². The average molecular weight is 828 g/mol. The predicted molar refractivity (Wildman–Crippen MR) is 236 cm³/mol. The lowest BCUT2D eigenvalue weighted by atomic mass is 9.99. The monoisotopic (exact) mass is 828 g/mol. The van der Waals surface area contributed by atoms with Crippen molar-refractivity contribution in [2.24, 2.45) is 5.92 Å². The van der Waals surface area contributed by atoms with Crippen molar-refractivity contribution in [1.82, 2.24) is 5.32 Å². The molecule has 1 amide bonds. The molecule has 1 fully saturated rings. The minimum Gasteiger partial charge on any atom is -0.394 e. The van der Waals surface area contributed by atoms with Crippen LogP contribution >= 0.6 is 0 Å². The molecule has 1 heterocycles. The third-order valence-corrected chi connectivity index (χ3v) is 11.9. The lowest BCUT2D eigenvalue weighted by molar-refractivity contribution is -0.302. The van der Waals surface area contributed by atoms with Crippen molar-refractivity contribution in [2.45, 2.75) is 269 Å². The van der Waals surface area contributed by atoms with Gasteiger partial charge in [0.05, 0.1) is 25.4 Å². The van der Waals surface area contributed by atoms with Crippen molar-refractivity contribution in [3.8, 4) is 0 Å². The van der Waals surface area contributed by atoms with E-state index in [0.29, 0.717) is 6.42 Å². The summed E-state index contributed by atoms with van der Waals surface area (Å²) in [5.41, 5.74) is 0. The summed E-state index contributed by atoms with van der Waals surface area (Å²) in [5, 5.41) is 64.7. The Morgan fingerprint density at radius 3 is 1.50 bits per heavy atom. The highest BCUT2D eigenvalue weighted by molar-refractivity contribution is 5.80. The third kappa shape index (κ3) is 28.4. The molecule has 0 saturated carbocycles. The minimum atomic E-state index is -1.61. The number of aliphatic hydroxyl groups excluding tert-OH is 6. The lowest BCUT2D eigenvalue weighted by Crippen LogP contribution is -2.60. The summed E-state index contributed by atoms with van der Waals surface area (Å²) in [6, 6.07) is -0.976. The van der Waals surface area contributed by atoms with Gasteiger partial charge >= 0.3 is 0 Å². The van der Waals surface area contributed by atoms with E-state index in [-0.39, 0.29) is 6.61 Å². The first kappa shape index (κ1) is 54.9. The molecule has 0 aromatic carbocycles. The third-order valence-electron chi connectivity index (χ3n) is 11.9. The topological polar surface area (TPSA) is 169 Å². The summed E-state index contributed by atoms with van der Waals surface area (Å²) in [5.74, 6) is 0.166. The van der Waals surface area contributed by atoms with Gasteiger partial charge < -0.3 is 45.4 Å². The average Bonchev–Trinajstić information content (AvgIpc) is 3.21. The van der Waals surface area contributed by atoms with Crippen LogP contribution in [0.5, 0.6) is 0 Å². The van der Waals surface area contributed by atoms with Crippen LogP contribution in [0.2, 0.25) is 0 Å². The van der Waals surface area contributed by atoms with E-state index in [9.17, 15) is 35.4 Å². The van der Waals surface area contributed by atoms with Crippen molar-refractivity contribution in [3.05, 3.63) is 12.2 Å². The summed E-state index contributed by atoms with van der Waals surface area (Å²) in [6.45, 7) is 5.92. The maximum absolute atomic E-state index is 13.0. The van der Waals surface area contributed by atoms with Crippen molar-refractivity contribution in [3.63, 3.8) is 0 Å². The SMILES string of the molecule is CCCCCCCCCCCCCCCCCCCCCCC(O)C(=O)NC(COC1OC(CO)C(O)C(O)C1O)C(O)C=CCCCCCCCCCCC(C)C. The van der Waals surface area contributed by atoms with Crippen molar-refractivity contribution < 1.29 is 44.9 Å². The Balaban J connectivity index is 2.34. The number of hydrogen-bond acceptors (Lipinski definition) is 9. The van der Waals surface area contributed by atoms with Gasteiger partial charge in [-0.25, -0.2) is 0 Å². The molecule has 344 valence electrons. The molecule has 1 aliphatic heterocycles. The van der Waals surface area contributed by atoms with Crippen LogP contribution < -0.4 is 5.32 Å². The molecule has 7 N–H and O–H groups in total. The van der Waals surface area contributed by atoms with E-state index in [2.05, 4.69) is 26.1 Å². The quantitative estimate of drug-likeness (QED) is 0.0235. The number of nitrogens with one attached hydrogen (secondary N) is 1. The summed E-state index contributed by atoms with van der Waals surface area (Å²) in [4.78, 5) is 13.0. The van der Waals surface area contributed by atoms with E-state index in [4.69, 9.17) is 9.47 Å². The first-order valence-electron chi connectivity index (χ1n) is 24.4. The maximum atomic E-state index is 13.0. The van der Waals surface area contributed by atoms with Gasteiger partial charge in [-0.3, -0.25) is 4.79 Å². The molecule has 0 aromatic heterocycles. The van der Waals surface area contributed by atoms with Gasteiger partial charge in [0, 0.05) is 0 Å². The molecular formula is C48H93NO9. The number of aliphatic hydroxyl groups is 6. The Morgan fingerprint density at radius 2 is 1.05 bits per heavy atom. The molecule has 10 nitrogen and oxygen atoms in total. The number of unbranched alkanes of at least 4 members (excludes halogenated alkanes) is 27. The largest absolute Gasteiger partial charge is 0.394 e. The first-order chi connectivity index (χ1) is 28.1. The number of hydrogen-bond donors (Lipinski definition) is 7. The molecule has 10 heteroatoms. The van der Waals surface area contributed by atoms with Crippen LogP contribution in [0, 0.1) is 5.92 Å². The van der Waals surface area contributed by atoms with Crippen LogP contribution in [-0.2, 0) is 14.3 Å². The smallest absolute Gasteiger partial charge is 0.249 e. The fourth-order valence-corrected chi connectivity index (χ4v) is 7.88. The molecule has 0 radical (unpaired) electrons. The zero-order chi connectivity index (χ0) is 42.6. The Hall–Kier alpha value is -1.11. The van der Waals surface area contributed by atoms with Crippen LogP contribution in [0.1, 0.15) is 220 Å². The molecule has 1 rings (SSSR count). The standard InChI is InChI=1S/C48H93NO9/c1-4-5-6-7-8-9-10-11-12-13-14-15-16-17-18-19-24-27-30-33-36-42(52)47(56)49-40(38-57-48-46(55)45(54)44(53)43(37-50)58-48)41(51)35-32-29-26-23-21-20-22-25-28-31-34-39(2)3/h32,35,39-46,48,50-55H,4-31,33-34,36-38H2,1-3H3,(H,49,56). The Morgan fingerprint density at radius 1 is 0.621 bits per heavy atom. The van der Waals surface area contributed by atoms with Gasteiger partial charge in [0.2, 0.25) is 5.91 Å². The number of ether oxygens (including phenoxy) is 2. The van der Waals surface area contributed by atoms with Crippen LogP contribution in [0.25, 0.3) is 0 Å². The molecule has 1 aliphatic rings. The van der Waals surface area contributed by atoms with E-state index in [0.717, 1.165) is 50.9 Å². The highest BCUT2D eigenvalue weighted by Crippen LogP contribution is 2.23. The number of amides is 1. The number of allylic oxidation sites excluding steroid dienone is 1. The summed E-state index contributed by atoms with van der Waals surface area (Å²) in [7, 11) is 0. The van der Waals surface area contributed by atoms with Gasteiger partial charge in [0.25, 0.3) is 0 Å². The second kappa shape index (κ2) is 37.6. The molecule has 8 atom stereocenters. The van der Waals surface area contributed by atoms with Crippen molar-refractivity contribution in [2.75, 3.05) is 13.2 Å². The van der Waals surface area contributed by atoms with Crippen LogP contribution in [0.4, 0.5) is 0 Å². The van der Waals surface area contributed by atoms with Gasteiger partial charge in [-0.05, 0) is 25.2 Å². The highest BCUT2D eigenvalue weighted by Gasteiger charge is 2.44. The van der Waals surface area contributed by atoms with Gasteiger partial charge in [0.15, 0.2) is 6.29 Å². The summed E-state index contributed by atoms with van der Waals surface area (Å²) in [6.07, 6.45) is 31.7. The number of carbonyl (C=O) groups excluding carboxylic acids is 1. The van der Waals surface area contributed by atoms with E-state index >= 15 is 0 Å². The fourth-order valence-electron chi connectivity index (χ4n) is 7.88. The van der Waals surface area contributed by atoms with Crippen LogP contribution in [0.3, 0.4) is 0 Å². The molecule has 0 aromatic rings. The number of carbonyl (C=O) groups is 1. The fraction of sp³-hybridized carbons (Fsp3) is 0.938. The molecule has 1 saturated heterocycles. The highest BCUT2D eigenvalue weighted by atomic mass is 16.7. The number of rotatable bonds is 40. The van der Waals surface area contributed by atoms with Gasteiger partial charge in [0.1, 0.15) is 30.5 Å². The molecule has 0 spiro atoms. The Kier molecular flexibility index (Phi) is 35.6. The van der Waals surface area contributed by atoms with Gasteiger partial charge in [-0.2, -0.15) is 0 Å². The zero-order valence-corrected chi connectivity index (χ0v) is 37.6. The zero-order valence-electron chi connectivity index (χ0n) is 37.6.